The van der Waals surface area contributed by atoms with Gasteiger partial charge in [0.15, 0.2) is 0 Å². The van der Waals surface area contributed by atoms with Gasteiger partial charge in [0.05, 0.1) is 22.9 Å². The van der Waals surface area contributed by atoms with E-state index < -0.39 is 28.7 Å². The minimum atomic E-state index is -4.03. The number of nitrogens with zero attached hydrogens (tertiary/aromatic N) is 2. The number of benzene rings is 2. The summed E-state index contributed by atoms with van der Waals surface area (Å²) in [6.45, 7) is 1.30. The van der Waals surface area contributed by atoms with Crippen molar-refractivity contribution in [2.24, 2.45) is 5.14 Å². The number of aromatic nitrogens is 2. The Bertz CT molecular complexity index is 1090. The van der Waals surface area contributed by atoms with Gasteiger partial charge in [0.25, 0.3) is 6.43 Å². The summed E-state index contributed by atoms with van der Waals surface area (Å²) in [4.78, 5) is -0.230. The number of aryl methyl sites for hydroxylation is 1. The molecule has 27 heavy (non-hydrogen) atoms. The van der Waals surface area contributed by atoms with Gasteiger partial charge in [-0.3, -0.25) is 0 Å². The van der Waals surface area contributed by atoms with Crippen molar-refractivity contribution in [2.75, 3.05) is 0 Å². The van der Waals surface area contributed by atoms with Crippen molar-refractivity contribution in [2.45, 2.75) is 24.9 Å². The van der Waals surface area contributed by atoms with Crippen LogP contribution in [0.5, 0.6) is 0 Å². The SMILES string of the molecule is Cc1cccc(-c2cc(C(F)F)nn2-c2ccc(S(N)(=O)=O)c(CO)c2)c1. The Morgan fingerprint density at radius 2 is 1.93 bits per heavy atom. The second kappa shape index (κ2) is 7.18. The van der Waals surface area contributed by atoms with E-state index in [1.807, 2.05) is 19.1 Å². The lowest BCUT2D eigenvalue weighted by Crippen LogP contribution is -2.15. The Hall–Kier alpha value is -2.62. The summed E-state index contributed by atoms with van der Waals surface area (Å²) in [5.41, 5.74) is 2.01. The molecule has 0 fully saturated rings. The Morgan fingerprint density at radius 3 is 2.52 bits per heavy atom. The molecule has 0 aliphatic carbocycles. The van der Waals surface area contributed by atoms with Gasteiger partial charge in [0.2, 0.25) is 10.0 Å². The molecule has 1 heterocycles. The van der Waals surface area contributed by atoms with E-state index in [1.165, 1.54) is 28.9 Å². The Balaban J connectivity index is 2.22. The fourth-order valence-corrected chi connectivity index (χ4v) is 3.56. The second-order valence-corrected chi connectivity index (χ2v) is 7.56. The van der Waals surface area contributed by atoms with E-state index in [2.05, 4.69) is 5.10 Å². The van der Waals surface area contributed by atoms with Crippen molar-refractivity contribution >= 4 is 10.0 Å². The number of aliphatic hydroxyl groups excluding tert-OH is 1. The number of hydrogen-bond acceptors (Lipinski definition) is 4. The normalized spacial score (nSPS) is 11.9. The van der Waals surface area contributed by atoms with E-state index in [1.54, 1.807) is 12.1 Å². The number of nitrogens with two attached hydrogens (primary N) is 1. The van der Waals surface area contributed by atoms with Crippen molar-refractivity contribution in [3.05, 3.63) is 65.4 Å². The molecule has 0 saturated carbocycles. The van der Waals surface area contributed by atoms with Crippen molar-refractivity contribution < 1.29 is 22.3 Å². The molecule has 0 spiro atoms. The zero-order valence-corrected chi connectivity index (χ0v) is 15.1. The van der Waals surface area contributed by atoms with Crippen molar-refractivity contribution in [3.63, 3.8) is 0 Å². The average molecular weight is 393 g/mol. The molecule has 0 saturated heterocycles. The topological polar surface area (TPSA) is 98.2 Å². The van der Waals surface area contributed by atoms with Gasteiger partial charge in [-0.15, -0.1) is 0 Å². The lowest BCUT2D eigenvalue weighted by molar-refractivity contribution is 0.145. The zero-order valence-electron chi connectivity index (χ0n) is 14.3. The molecular formula is C18H17F2N3O3S. The van der Waals surface area contributed by atoms with Gasteiger partial charge in [-0.25, -0.2) is 27.0 Å². The monoisotopic (exact) mass is 393 g/mol. The summed E-state index contributed by atoms with van der Waals surface area (Å²) in [6.07, 6.45) is -2.77. The molecule has 0 aliphatic heterocycles. The molecule has 0 bridgehead atoms. The van der Waals surface area contributed by atoms with Gasteiger partial charge in [-0.2, -0.15) is 5.10 Å². The number of rotatable bonds is 5. The number of hydrogen-bond donors (Lipinski definition) is 2. The molecule has 0 radical (unpaired) electrons. The third-order valence-corrected chi connectivity index (χ3v) is 5.04. The fourth-order valence-electron chi connectivity index (χ4n) is 2.81. The van der Waals surface area contributed by atoms with Crippen LogP contribution in [0.4, 0.5) is 8.78 Å². The average Bonchev–Trinajstić information content (AvgIpc) is 3.06. The van der Waals surface area contributed by atoms with E-state index in [4.69, 9.17) is 5.14 Å². The molecule has 3 aromatic rings. The maximum Gasteiger partial charge on any atom is 0.282 e. The van der Waals surface area contributed by atoms with Crippen molar-refractivity contribution in [1.82, 2.24) is 9.78 Å². The number of alkyl halides is 2. The lowest BCUT2D eigenvalue weighted by Gasteiger charge is -2.12. The highest BCUT2D eigenvalue weighted by Crippen LogP contribution is 2.30. The van der Waals surface area contributed by atoms with Crippen LogP contribution in [0.15, 0.2) is 53.4 Å². The highest BCUT2D eigenvalue weighted by molar-refractivity contribution is 7.89. The molecule has 1 aromatic heterocycles. The summed E-state index contributed by atoms with van der Waals surface area (Å²) in [7, 11) is -4.03. The van der Waals surface area contributed by atoms with E-state index >= 15 is 0 Å². The van der Waals surface area contributed by atoms with Crippen LogP contribution in [-0.2, 0) is 16.6 Å². The van der Waals surface area contributed by atoms with Crippen molar-refractivity contribution in [3.8, 4) is 16.9 Å². The summed E-state index contributed by atoms with van der Waals surface area (Å²) in [6, 6.07) is 12.5. The van der Waals surface area contributed by atoms with Crippen LogP contribution >= 0.6 is 0 Å². The number of sulfonamides is 1. The molecule has 6 nitrogen and oxygen atoms in total. The van der Waals surface area contributed by atoms with Crippen LogP contribution < -0.4 is 5.14 Å². The first kappa shape index (κ1) is 19.2. The molecule has 0 aliphatic rings. The number of aliphatic hydroxyl groups is 1. The molecule has 0 unspecified atom stereocenters. The standard InChI is InChI=1S/C18H17F2N3O3S/c1-11-3-2-4-12(7-11)16-9-15(18(19)20)22-23(16)14-5-6-17(27(21,25)26)13(8-14)10-24/h2-9,18,24H,10H2,1H3,(H2,21,25,26). The van der Waals surface area contributed by atoms with Gasteiger partial charge < -0.3 is 5.11 Å². The van der Waals surface area contributed by atoms with E-state index in [-0.39, 0.29) is 10.5 Å². The van der Waals surface area contributed by atoms with Crippen LogP contribution in [-0.4, -0.2) is 23.3 Å². The van der Waals surface area contributed by atoms with Crippen LogP contribution in [0.25, 0.3) is 16.9 Å². The Labute approximate surface area is 154 Å². The van der Waals surface area contributed by atoms with Gasteiger partial charge >= 0.3 is 0 Å². The summed E-state index contributed by atoms with van der Waals surface area (Å²) < 4.78 is 51.0. The highest BCUT2D eigenvalue weighted by atomic mass is 32.2. The maximum absolute atomic E-state index is 13.2. The van der Waals surface area contributed by atoms with Crippen molar-refractivity contribution in [1.29, 1.82) is 0 Å². The largest absolute Gasteiger partial charge is 0.392 e. The summed E-state index contributed by atoms with van der Waals surface area (Å²) >= 11 is 0. The first-order chi connectivity index (χ1) is 12.7. The quantitative estimate of drug-likeness (QED) is 0.696. The van der Waals surface area contributed by atoms with Crippen LogP contribution in [0.3, 0.4) is 0 Å². The molecule has 0 amide bonds. The highest BCUT2D eigenvalue weighted by Gasteiger charge is 2.20. The number of primary sulfonamides is 1. The number of halogens is 2. The molecular weight excluding hydrogens is 376 g/mol. The predicted octanol–water partition coefficient (Wildman–Crippen LogP) is 2.93. The minimum Gasteiger partial charge on any atom is -0.392 e. The van der Waals surface area contributed by atoms with E-state index in [9.17, 15) is 22.3 Å². The lowest BCUT2D eigenvalue weighted by atomic mass is 10.1. The second-order valence-electron chi connectivity index (χ2n) is 6.03. The third-order valence-electron chi connectivity index (χ3n) is 4.03. The minimum absolute atomic E-state index is 0.0549. The van der Waals surface area contributed by atoms with E-state index in [0.717, 1.165) is 5.56 Å². The van der Waals surface area contributed by atoms with Gasteiger partial charge in [0.1, 0.15) is 5.69 Å². The van der Waals surface area contributed by atoms with E-state index in [0.29, 0.717) is 16.9 Å². The first-order valence-electron chi connectivity index (χ1n) is 7.93. The smallest absolute Gasteiger partial charge is 0.282 e. The van der Waals surface area contributed by atoms with Crippen LogP contribution in [0, 0.1) is 6.92 Å². The van der Waals surface area contributed by atoms with Gasteiger partial charge in [-0.1, -0.05) is 23.8 Å². The molecule has 9 heteroatoms. The van der Waals surface area contributed by atoms with Gasteiger partial charge in [0, 0.05) is 5.56 Å². The van der Waals surface area contributed by atoms with Gasteiger partial charge in [-0.05, 0) is 42.8 Å². The molecule has 2 aromatic carbocycles. The first-order valence-corrected chi connectivity index (χ1v) is 9.47. The Kier molecular flexibility index (Phi) is 5.09. The Morgan fingerprint density at radius 1 is 1.19 bits per heavy atom. The third kappa shape index (κ3) is 3.90. The zero-order chi connectivity index (χ0) is 19.8. The fraction of sp³-hybridized carbons (Fsp3) is 0.167. The molecule has 3 rings (SSSR count). The maximum atomic E-state index is 13.2. The molecule has 3 N–H and O–H groups in total. The summed E-state index contributed by atoms with van der Waals surface area (Å²) in [5, 5.41) is 18.6. The van der Waals surface area contributed by atoms with Crippen LogP contribution in [0.1, 0.15) is 23.2 Å². The molecule has 0 atom stereocenters. The predicted molar refractivity (Wildman–Crippen MR) is 96.0 cm³/mol. The van der Waals surface area contributed by atoms with Crippen LogP contribution in [0.2, 0.25) is 0 Å². The summed E-state index contributed by atoms with van der Waals surface area (Å²) in [5.74, 6) is 0. The molecule has 142 valence electrons.